The van der Waals surface area contributed by atoms with Gasteiger partial charge in [0.15, 0.2) is 0 Å². The Morgan fingerprint density at radius 3 is 2.12 bits per heavy atom. The van der Waals surface area contributed by atoms with Gasteiger partial charge in [-0.2, -0.15) is 13.2 Å². The third kappa shape index (κ3) is 12.9. The number of rotatable bonds is 8. The lowest BCUT2D eigenvalue weighted by Gasteiger charge is -2.09. The van der Waals surface area contributed by atoms with Crippen molar-refractivity contribution < 1.29 is 27.4 Å². The lowest BCUT2D eigenvalue weighted by Crippen LogP contribution is -2.39. The maximum absolute atomic E-state index is 11.6. The van der Waals surface area contributed by atoms with E-state index in [1.807, 2.05) is 6.92 Å². The third-order valence-electron chi connectivity index (χ3n) is 1.53. The maximum Gasteiger partial charge on any atom is 0.411 e. The number of hydrogen-bond donors (Lipinski definition) is 2. The minimum atomic E-state index is -4.33. The monoisotopic (exact) mass is 258 g/mol. The molecule has 17 heavy (non-hydrogen) atoms. The summed E-state index contributed by atoms with van der Waals surface area (Å²) in [5, 5.41) is 4.82. The molecule has 0 aliphatic carbocycles. The van der Waals surface area contributed by atoms with Crippen LogP contribution in [-0.4, -0.2) is 51.7 Å². The predicted molar refractivity (Wildman–Crippen MR) is 54.8 cm³/mol. The van der Waals surface area contributed by atoms with Crippen molar-refractivity contribution in [1.29, 1.82) is 0 Å². The zero-order valence-corrected chi connectivity index (χ0v) is 9.60. The van der Waals surface area contributed by atoms with Crippen molar-refractivity contribution in [2.45, 2.75) is 13.1 Å². The van der Waals surface area contributed by atoms with Crippen LogP contribution in [0.15, 0.2) is 0 Å². The Labute approximate surface area is 97.6 Å². The molecule has 0 saturated heterocycles. The molecule has 0 aromatic carbocycles. The lowest BCUT2D eigenvalue weighted by atomic mass is 10.6. The van der Waals surface area contributed by atoms with Crippen molar-refractivity contribution >= 4 is 6.03 Å². The van der Waals surface area contributed by atoms with Gasteiger partial charge in [-0.15, -0.1) is 0 Å². The van der Waals surface area contributed by atoms with Crippen LogP contribution in [-0.2, 0) is 9.47 Å². The average molecular weight is 258 g/mol. The standard InChI is InChI=1S/C9H17F3N2O3/c1-2-16-5-3-13-8(15)14-4-6-17-7-9(10,11)12/h2-7H2,1H3,(H2,13,14,15). The van der Waals surface area contributed by atoms with E-state index in [1.54, 1.807) is 0 Å². The highest BCUT2D eigenvalue weighted by molar-refractivity contribution is 5.73. The molecule has 102 valence electrons. The quantitative estimate of drug-likeness (QED) is 0.636. The van der Waals surface area contributed by atoms with Crippen LogP contribution >= 0.6 is 0 Å². The van der Waals surface area contributed by atoms with E-state index in [9.17, 15) is 18.0 Å². The van der Waals surface area contributed by atoms with E-state index < -0.39 is 18.8 Å². The molecule has 2 amide bonds. The molecule has 0 spiro atoms. The van der Waals surface area contributed by atoms with Gasteiger partial charge in [-0.25, -0.2) is 4.79 Å². The average Bonchev–Trinajstić information content (AvgIpc) is 2.22. The molecule has 0 fully saturated rings. The van der Waals surface area contributed by atoms with Crippen LogP contribution in [0.5, 0.6) is 0 Å². The number of nitrogens with one attached hydrogen (secondary N) is 2. The van der Waals surface area contributed by atoms with E-state index in [2.05, 4.69) is 15.4 Å². The Morgan fingerprint density at radius 2 is 1.65 bits per heavy atom. The SMILES string of the molecule is CCOCCNC(=O)NCCOCC(F)(F)F. The highest BCUT2D eigenvalue weighted by Gasteiger charge is 2.27. The Hall–Kier alpha value is -1.02. The normalized spacial score (nSPS) is 11.3. The van der Waals surface area contributed by atoms with E-state index in [0.29, 0.717) is 19.8 Å². The topological polar surface area (TPSA) is 59.6 Å². The highest BCUT2D eigenvalue weighted by Crippen LogP contribution is 2.13. The second-order valence-corrected chi connectivity index (χ2v) is 3.05. The molecular formula is C9H17F3N2O3. The number of urea groups is 1. The molecular weight excluding hydrogens is 241 g/mol. The number of carbonyl (C=O) groups excluding carboxylic acids is 1. The number of halogens is 3. The highest BCUT2D eigenvalue weighted by atomic mass is 19.4. The first-order valence-corrected chi connectivity index (χ1v) is 5.19. The second kappa shape index (κ2) is 9.06. The largest absolute Gasteiger partial charge is 0.411 e. The van der Waals surface area contributed by atoms with Gasteiger partial charge in [-0.05, 0) is 6.92 Å². The van der Waals surface area contributed by atoms with Gasteiger partial charge in [0.25, 0.3) is 0 Å². The van der Waals surface area contributed by atoms with Crippen LogP contribution in [0, 0.1) is 0 Å². The summed E-state index contributed by atoms with van der Waals surface area (Å²) in [5.41, 5.74) is 0. The third-order valence-corrected chi connectivity index (χ3v) is 1.53. The maximum atomic E-state index is 11.6. The van der Waals surface area contributed by atoms with E-state index in [-0.39, 0.29) is 13.2 Å². The minimum Gasteiger partial charge on any atom is -0.380 e. The fourth-order valence-corrected chi connectivity index (χ4v) is 0.868. The van der Waals surface area contributed by atoms with Gasteiger partial charge in [0.2, 0.25) is 0 Å². The molecule has 0 aliphatic heterocycles. The fraction of sp³-hybridized carbons (Fsp3) is 0.889. The number of alkyl halides is 3. The molecule has 0 heterocycles. The zero-order valence-electron chi connectivity index (χ0n) is 9.60. The van der Waals surface area contributed by atoms with Crippen LogP contribution in [0.1, 0.15) is 6.92 Å². The molecule has 0 radical (unpaired) electrons. The van der Waals surface area contributed by atoms with Gasteiger partial charge in [-0.1, -0.05) is 0 Å². The minimum absolute atomic E-state index is 0.0244. The van der Waals surface area contributed by atoms with Crippen molar-refractivity contribution in [3.63, 3.8) is 0 Å². The summed E-state index contributed by atoms with van der Waals surface area (Å²) in [6, 6.07) is -0.458. The van der Waals surface area contributed by atoms with E-state index in [1.165, 1.54) is 0 Å². The summed E-state index contributed by atoms with van der Waals surface area (Å²) >= 11 is 0. The van der Waals surface area contributed by atoms with Crippen LogP contribution in [0.25, 0.3) is 0 Å². The Bertz CT molecular complexity index is 212. The number of amides is 2. The van der Waals surface area contributed by atoms with Crippen LogP contribution in [0.2, 0.25) is 0 Å². The molecule has 0 aromatic heterocycles. The van der Waals surface area contributed by atoms with Crippen molar-refractivity contribution in [3.8, 4) is 0 Å². The summed E-state index contributed by atoms with van der Waals surface area (Å²) in [7, 11) is 0. The smallest absolute Gasteiger partial charge is 0.380 e. The summed E-state index contributed by atoms with van der Waals surface area (Å²) in [5.74, 6) is 0. The summed E-state index contributed by atoms with van der Waals surface area (Å²) in [6.45, 7) is 1.68. The molecule has 0 aliphatic rings. The van der Waals surface area contributed by atoms with Crippen LogP contribution in [0.3, 0.4) is 0 Å². The summed E-state index contributed by atoms with van der Waals surface area (Å²) < 4.78 is 44.2. The van der Waals surface area contributed by atoms with Crippen LogP contribution < -0.4 is 10.6 Å². The molecule has 2 N–H and O–H groups in total. The molecule has 0 saturated carbocycles. The first-order chi connectivity index (χ1) is 7.95. The molecule has 0 atom stereocenters. The molecule has 0 unspecified atom stereocenters. The first kappa shape index (κ1) is 16.0. The van der Waals surface area contributed by atoms with E-state index >= 15 is 0 Å². The van der Waals surface area contributed by atoms with Gasteiger partial charge < -0.3 is 20.1 Å². The van der Waals surface area contributed by atoms with Gasteiger partial charge in [0.1, 0.15) is 6.61 Å². The Balaban J connectivity index is 3.28. The Kier molecular flexibility index (Phi) is 8.51. The number of carbonyl (C=O) groups is 1. The van der Waals surface area contributed by atoms with Gasteiger partial charge in [0.05, 0.1) is 13.2 Å². The molecule has 0 aromatic rings. The second-order valence-electron chi connectivity index (χ2n) is 3.05. The van der Waals surface area contributed by atoms with Crippen molar-refractivity contribution in [2.24, 2.45) is 0 Å². The fourth-order valence-electron chi connectivity index (χ4n) is 0.868. The summed E-state index contributed by atoms with van der Waals surface area (Å²) in [6.07, 6.45) is -4.33. The van der Waals surface area contributed by atoms with E-state index in [4.69, 9.17) is 4.74 Å². The predicted octanol–water partition coefficient (Wildman–Crippen LogP) is 0.901. The lowest BCUT2D eigenvalue weighted by molar-refractivity contribution is -0.173. The molecule has 0 bridgehead atoms. The number of ether oxygens (including phenoxy) is 2. The Morgan fingerprint density at radius 1 is 1.12 bits per heavy atom. The van der Waals surface area contributed by atoms with Crippen molar-refractivity contribution in [1.82, 2.24) is 10.6 Å². The van der Waals surface area contributed by atoms with Crippen molar-refractivity contribution in [2.75, 3.05) is 39.5 Å². The molecule has 5 nitrogen and oxygen atoms in total. The summed E-state index contributed by atoms with van der Waals surface area (Å²) in [4.78, 5) is 11.0. The number of hydrogen-bond acceptors (Lipinski definition) is 3. The van der Waals surface area contributed by atoms with Gasteiger partial charge >= 0.3 is 12.2 Å². The van der Waals surface area contributed by atoms with Crippen LogP contribution in [0.4, 0.5) is 18.0 Å². The van der Waals surface area contributed by atoms with Crippen molar-refractivity contribution in [3.05, 3.63) is 0 Å². The van der Waals surface area contributed by atoms with Gasteiger partial charge in [0, 0.05) is 19.7 Å². The zero-order chi connectivity index (χ0) is 13.1. The first-order valence-electron chi connectivity index (χ1n) is 5.19. The molecule has 0 rings (SSSR count). The van der Waals surface area contributed by atoms with E-state index in [0.717, 1.165) is 0 Å². The van der Waals surface area contributed by atoms with Gasteiger partial charge in [-0.3, -0.25) is 0 Å². The molecule has 8 heteroatoms.